The molecule has 0 unspecified atom stereocenters. The van der Waals surface area contributed by atoms with E-state index in [0.29, 0.717) is 5.69 Å². The molecule has 7 nitrogen and oxygen atoms in total. The van der Waals surface area contributed by atoms with Crippen molar-refractivity contribution in [2.45, 2.75) is 64.1 Å². The molecule has 44 heavy (non-hydrogen) atoms. The third-order valence-electron chi connectivity index (χ3n) is 7.30. The van der Waals surface area contributed by atoms with E-state index in [4.69, 9.17) is 0 Å². The molecular weight excluding hydrogens is 570 g/mol. The van der Waals surface area contributed by atoms with Crippen LogP contribution in [-0.2, 0) is 32.6 Å². The van der Waals surface area contributed by atoms with Gasteiger partial charge in [0.05, 0.1) is 10.6 Å². The summed E-state index contributed by atoms with van der Waals surface area (Å²) in [6.45, 7) is 9.19. The summed E-state index contributed by atoms with van der Waals surface area (Å²) in [5.41, 5.74) is 3.50. The van der Waals surface area contributed by atoms with E-state index in [-0.39, 0.29) is 23.8 Å². The van der Waals surface area contributed by atoms with Crippen LogP contribution in [0, 0.1) is 13.8 Å². The minimum Gasteiger partial charge on any atom is -0.350 e. The molecule has 0 aliphatic heterocycles. The zero-order valence-electron chi connectivity index (χ0n) is 26.0. The summed E-state index contributed by atoms with van der Waals surface area (Å²) in [5, 5.41) is 3.06. The van der Waals surface area contributed by atoms with Crippen LogP contribution in [0.5, 0.6) is 0 Å². The number of hydrogen-bond donors (Lipinski definition) is 1. The van der Waals surface area contributed by atoms with Gasteiger partial charge >= 0.3 is 0 Å². The van der Waals surface area contributed by atoms with Crippen molar-refractivity contribution >= 4 is 27.5 Å². The smallest absolute Gasteiger partial charge is 0.264 e. The van der Waals surface area contributed by atoms with Gasteiger partial charge in [-0.15, -0.1) is 0 Å². The Morgan fingerprint density at radius 2 is 1.34 bits per heavy atom. The molecule has 0 radical (unpaired) electrons. The molecule has 0 aliphatic carbocycles. The molecule has 0 heterocycles. The van der Waals surface area contributed by atoms with Crippen LogP contribution >= 0.6 is 0 Å². The first-order valence-corrected chi connectivity index (χ1v) is 16.1. The van der Waals surface area contributed by atoms with Gasteiger partial charge in [0.25, 0.3) is 10.0 Å². The molecule has 0 fully saturated rings. The molecule has 0 spiro atoms. The Kier molecular flexibility index (Phi) is 10.3. The predicted molar refractivity (Wildman–Crippen MR) is 176 cm³/mol. The van der Waals surface area contributed by atoms with E-state index in [2.05, 4.69) is 5.32 Å². The van der Waals surface area contributed by atoms with E-state index in [1.807, 2.05) is 101 Å². The lowest BCUT2D eigenvalue weighted by Crippen LogP contribution is -2.56. The molecule has 0 saturated carbocycles. The van der Waals surface area contributed by atoms with Crippen molar-refractivity contribution < 1.29 is 18.0 Å². The van der Waals surface area contributed by atoms with Gasteiger partial charge in [0.15, 0.2) is 0 Å². The lowest BCUT2D eigenvalue weighted by molar-refractivity contribution is -0.140. The molecule has 4 aromatic carbocycles. The second-order valence-electron chi connectivity index (χ2n) is 12.1. The number of nitrogens with zero attached hydrogens (tertiary/aromatic N) is 2. The zero-order valence-corrected chi connectivity index (χ0v) is 26.8. The maximum Gasteiger partial charge on any atom is 0.264 e. The van der Waals surface area contributed by atoms with E-state index in [1.165, 1.54) is 17.0 Å². The Balaban J connectivity index is 1.82. The molecule has 1 atom stereocenters. The van der Waals surface area contributed by atoms with Crippen molar-refractivity contribution in [1.29, 1.82) is 0 Å². The number of aryl methyl sites for hydroxylation is 2. The van der Waals surface area contributed by atoms with E-state index in [1.54, 1.807) is 30.3 Å². The van der Waals surface area contributed by atoms with Crippen molar-refractivity contribution in [3.63, 3.8) is 0 Å². The Hall–Kier alpha value is -4.43. The van der Waals surface area contributed by atoms with Gasteiger partial charge in [-0.05, 0) is 75.6 Å². The summed E-state index contributed by atoms with van der Waals surface area (Å²) >= 11 is 0. The summed E-state index contributed by atoms with van der Waals surface area (Å²) in [6.07, 6.45) is 0.260. The number of benzene rings is 4. The fraction of sp³-hybridized carbons (Fsp3) is 0.278. The second-order valence-corrected chi connectivity index (χ2v) is 13.9. The van der Waals surface area contributed by atoms with Crippen LogP contribution in [-0.4, -0.2) is 43.3 Å². The Morgan fingerprint density at radius 3 is 1.93 bits per heavy atom. The number of carbonyl (C=O) groups is 2. The number of carbonyl (C=O) groups excluding carboxylic acids is 2. The fourth-order valence-electron chi connectivity index (χ4n) is 4.94. The van der Waals surface area contributed by atoms with Gasteiger partial charge in [0.2, 0.25) is 11.8 Å². The highest BCUT2D eigenvalue weighted by molar-refractivity contribution is 7.92. The van der Waals surface area contributed by atoms with Crippen LogP contribution in [0.15, 0.2) is 114 Å². The van der Waals surface area contributed by atoms with Gasteiger partial charge in [-0.1, -0.05) is 90.5 Å². The minimum atomic E-state index is -4.12. The summed E-state index contributed by atoms with van der Waals surface area (Å²) in [6, 6.07) is 31.4. The predicted octanol–water partition coefficient (Wildman–Crippen LogP) is 6.05. The number of nitrogens with one attached hydrogen (secondary N) is 1. The highest BCUT2D eigenvalue weighted by Gasteiger charge is 2.35. The van der Waals surface area contributed by atoms with Crippen molar-refractivity contribution in [3.8, 4) is 0 Å². The largest absolute Gasteiger partial charge is 0.350 e. The van der Waals surface area contributed by atoms with Gasteiger partial charge in [-0.2, -0.15) is 0 Å². The first-order chi connectivity index (χ1) is 20.8. The van der Waals surface area contributed by atoms with Crippen molar-refractivity contribution in [2.75, 3.05) is 10.8 Å². The highest BCUT2D eigenvalue weighted by Crippen LogP contribution is 2.26. The maximum atomic E-state index is 14.5. The Morgan fingerprint density at radius 1 is 0.773 bits per heavy atom. The minimum absolute atomic E-state index is 0.0742. The van der Waals surface area contributed by atoms with Gasteiger partial charge < -0.3 is 10.2 Å². The topological polar surface area (TPSA) is 86.8 Å². The average Bonchev–Trinajstić information content (AvgIpc) is 2.99. The van der Waals surface area contributed by atoms with Gasteiger partial charge in [-0.25, -0.2) is 8.42 Å². The molecule has 1 N–H and O–H groups in total. The number of sulfonamides is 1. The van der Waals surface area contributed by atoms with E-state index < -0.39 is 34.1 Å². The number of anilines is 1. The Labute approximate surface area is 261 Å². The SMILES string of the molecule is Cc1ccc(N(CC(=O)N(Cc2ccccc2C)[C@@H](Cc2ccccc2)C(=O)NC(C)(C)C)S(=O)(=O)c2ccccc2)cc1. The monoisotopic (exact) mass is 611 g/mol. The van der Waals surface area contributed by atoms with Gasteiger partial charge in [0.1, 0.15) is 12.6 Å². The lowest BCUT2D eigenvalue weighted by Gasteiger charge is -2.35. The Bertz CT molecular complexity index is 1670. The number of rotatable bonds is 11. The molecule has 230 valence electrons. The molecule has 4 rings (SSSR count). The highest BCUT2D eigenvalue weighted by atomic mass is 32.2. The second kappa shape index (κ2) is 13.9. The number of hydrogen-bond acceptors (Lipinski definition) is 4. The molecule has 4 aromatic rings. The normalized spacial score (nSPS) is 12.3. The van der Waals surface area contributed by atoms with Crippen LogP contribution in [0.4, 0.5) is 5.69 Å². The lowest BCUT2D eigenvalue weighted by atomic mass is 10.00. The quantitative estimate of drug-likeness (QED) is 0.224. The molecule has 0 bridgehead atoms. The molecule has 0 saturated heterocycles. The average molecular weight is 612 g/mol. The van der Waals surface area contributed by atoms with E-state index in [0.717, 1.165) is 26.6 Å². The van der Waals surface area contributed by atoms with Gasteiger partial charge in [-0.3, -0.25) is 13.9 Å². The van der Waals surface area contributed by atoms with Crippen LogP contribution in [0.1, 0.15) is 43.0 Å². The van der Waals surface area contributed by atoms with Gasteiger partial charge in [0, 0.05) is 18.5 Å². The summed E-state index contributed by atoms with van der Waals surface area (Å²) in [4.78, 5) is 30.1. The molecule has 8 heteroatoms. The fourth-order valence-corrected chi connectivity index (χ4v) is 6.37. The van der Waals surface area contributed by atoms with Crippen LogP contribution in [0.3, 0.4) is 0 Å². The maximum absolute atomic E-state index is 14.5. The van der Waals surface area contributed by atoms with Crippen molar-refractivity contribution in [3.05, 3.63) is 131 Å². The van der Waals surface area contributed by atoms with Crippen LogP contribution in [0.25, 0.3) is 0 Å². The molecule has 2 amide bonds. The first-order valence-electron chi connectivity index (χ1n) is 14.7. The molecular formula is C36H41N3O4S. The third kappa shape index (κ3) is 8.35. The summed E-state index contributed by atoms with van der Waals surface area (Å²) in [7, 11) is -4.12. The molecule has 0 aliphatic rings. The van der Waals surface area contributed by atoms with Crippen molar-refractivity contribution in [1.82, 2.24) is 10.2 Å². The summed E-state index contributed by atoms with van der Waals surface area (Å²) in [5.74, 6) is -0.797. The zero-order chi connectivity index (χ0) is 31.9. The standard InChI is InChI=1S/C36H41N3O4S/c1-27-20-22-31(23-21-27)39(44(42,43)32-18-10-7-11-19-32)26-34(40)38(25-30-17-13-12-14-28(30)2)33(35(41)37-36(3,4)5)24-29-15-8-6-9-16-29/h6-23,33H,24-26H2,1-5H3,(H,37,41)/t33-/m0/s1. The first kappa shape index (κ1) is 32.5. The van der Waals surface area contributed by atoms with E-state index >= 15 is 0 Å². The van der Waals surface area contributed by atoms with Crippen LogP contribution < -0.4 is 9.62 Å². The summed E-state index contributed by atoms with van der Waals surface area (Å²) < 4.78 is 29.2. The third-order valence-corrected chi connectivity index (χ3v) is 9.09. The van der Waals surface area contributed by atoms with Crippen molar-refractivity contribution in [2.24, 2.45) is 0 Å². The van der Waals surface area contributed by atoms with E-state index in [9.17, 15) is 18.0 Å². The van der Waals surface area contributed by atoms with Crippen LogP contribution in [0.2, 0.25) is 0 Å². The number of amides is 2. The molecule has 0 aromatic heterocycles.